The standard InChI is InChI=1S/C10H17NO/c1-9(2)8-11-7-5-3-4-6-10(11)12/h8H,3-7H2,1-2H3. The molecule has 1 rings (SSSR count). The Morgan fingerprint density at radius 2 is 2.08 bits per heavy atom. The fourth-order valence-electron chi connectivity index (χ4n) is 1.45. The molecule has 0 aliphatic carbocycles. The van der Waals surface area contributed by atoms with Crippen LogP contribution in [0.2, 0.25) is 0 Å². The number of hydrogen-bond acceptors (Lipinski definition) is 1. The molecule has 0 spiro atoms. The van der Waals surface area contributed by atoms with Crippen LogP contribution in [0.4, 0.5) is 0 Å². The first-order valence-corrected chi connectivity index (χ1v) is 4.64. The second kappa shape index (κ2) is 4.29. The molecule has 0 unspecified atom stereocenters. The average Bonchev–Trinajstić information content (AvgIpc) is 2.16. The summed E-state index contributed by atoms with van der Waals surface area (Å²) in [5.74, 6) is 0.286. The molecular weight excluding hydrogens is 150 g/mol. The minimum atomic E-state index is 0.286. The third-order valence-electron chi connectivity index (χ3n) is 2.02. The van der Waals surface area contributed by atoms with E-state index in [9.17, 15) is 4.79 Å². The van der Waals surface area contributed by atoms with E-state index < -0.39 is 0 Å². The number of carbonyl (C=O) groups excluding carboxylic acids is 1. The zero-order valence-electron chi connectivity index (χ0n) is 7.97. The van der Waals surface area contributed by atoms with Gasteiger partial charge in [-0.05, 0) is 26.7 Å². The van der Waals surface area contributed by atoms with E-state index in [2.05, 4.69) is 0 Å². The molecular formula is C10H17NO. The van der Waals surface area contributed by atoms with Gasteiger partial charge in [0.1, 0.15) is 0 Å². The molecule has 1 aliphatic heterocycles. The highest BCUT2D eigenvalue weighted by Crippen LogP contribution is 2.12. The molecule has 1 fully saturated rings. The van der Waals surface area contributed by atoms with E-state index in [1.165, 1.54) is 12.0 Å². The van der Waals surface area contributed by atoms with Crippen molar-refractivity contribution < 1.29 is 4.79 Å². The number of nitrogens with zero attached hydrogens (tertiary/aromatic N) is 1. The van der Waals surface area contributed by atoms with Crippen LogP contribution >= 0.6 is 0 Å². The molecule has 1 amide bonds. The Morgan fingerprint density at radius 1 is 1.33 bits per heavy atom. The molecule has 0 N–H and O–H groups in total. The summed E-state index contributed by atoms with van der Waals surface area (Å²) in [5, 5.41) is 0. The van der Waals surface area contributed by atoms with E-state index in [1.807, 2.05) is 24.9 Å². The fraction of sp³-hybridized carbons (Fsp3) is 0.700. The van der Waals surface area contributed by atoms with Crippen molar-refractivity contribution in [3.63, 3.8) is 0 Å². The SMILES string of the molecule is CC(C)=CN1CCCCCC1=O. The number of rotatable bonds is 1. The quantitative estimate of drug-likeness (QED) is 0.587. The molecule has 1 aliphatic rings. The first kappa shape index (κ1) is 9.30. The van der Waals surface area contributed by atoms with E-state index in [4.69, 9.17) is 0 Å². The van der Waals surface area contributed by atoms with Gasteiger partial charge in [0.2, 0.25) is 5.91 Å². The predicted octanol–water partition coefficient (Wildman–Crippen LogP) is 2.31. The zero-order valence-corrected chi connectivity index (χ0v) is 7.97. The van der Waals surface area contributed by atoms with Gasteiger partial charge in [0.25, 0.3) is 0 Å². The highest BCUT2D eigenvalue weighted by Gasteiger charge is 2.13. The van der Waals surface area contributed by atoms with E-state index in [1.54, 1.807) is 0 Å². The molecule has 0 aromatic rings. The van der Waals surface area contributed by atoms with E-state index >= 15 is 0 Å². The summed E-state index contributed by atoms with van der Waals surface area (Å²) < 4.78 is 0. The lowest BCUT2D eigenvalue weighted by Crippen LogP contribution is -2.24. The number of hydrogen-bond donors (Lipinski definition) is 0. The van der Waals surface area contributed by atoms with Gasteiger partial charge in [-0.3, -0.25) is 4.79 Å². The molecule has 0 atom stereocenters. The molecule has 1 saturated heterocycles. The molecule has 2 heteroatoms. The summed E-state index contributed by atoms with van der Waals surface area (Å²) >= 11 is 0. The van der Waals surface area contributed by atoms with Crippen molar-refractivity contribution in [2.75, 3.05) is 6.54 Å². The van der Waals surface area contributed by atoms with Crippen LogP contribution in [0, 0.1) is 0 Å². The van der Waals surface area contributed by atoms with Gasteiger partial charge >= 0.3 is 0 Å². The zero-order chi connectivity index (χ0) is 8.97. The van der Waals surface area contributed by atoms with Crippen LogP contribution in [0.1, 0.15) is 39.5 Å². The summed E-state index contributed by atoms with van der Waals surface area (Å²) in [5.41, 5.74) is 1.20. The predicted molar refractivity (Wildman–Crippen MR) is 49.6 cm³/mol. The summed E-state index contributed by atoms with van der Waals surface area (Å²) in [6.07, 6.45) is 6.09. The Balaban J connectivity index is 2.59. The molecule has 0 bridgehead atoms. The van der Waals surface area contributed by atoms with E-state index in [0.29, 0.717) is 0 Å². The highest BCUT2D eigenvalue weighted by atomic mass is 16.2. The Labute approximate surface area is 74.2 Å². The van der Waals surface area contributed by atoms with Crippen molar-refractivity contribution in [2.45, 2.75) is 39.5 Å². The van der Waals surface area contributed by atoms with Crippen LogP contribution in [-0.2, 0) is 4.79 Å². The molecule has 12 heavy (non-hydrogen) atoms. The Morgan fingerprint density at radius 3 is 2.75 bits per heavy atom. The van der Waals surface area contributed by atoms with Gasteiger partial charge in [-0.15, -0.1) is 0 Å². The van der Waals surface area contributed by atoms with Gasteiger partial charge in [-0.2, -0.15) is 0 Å². The summed E-state index contributed by atoms with van der Waals surface area (Å²) in [6, 6.07) is 0. The van der Waals surface area contributed by atoms with Gasteiger partial charge in [-0.1, -0.05) is 12.0 Å². The highest BCUT2D eigenvalue weighted by molar-refractivity contribution is 5.77. The second-order valence-electron chi connectivity index (χ2n) is 3.60. The van der Waals surface area contributed by atoms with Crippen LogP contribution < -0.4 is 0 Å². The molecule has 0 aromatic heterocycles. The Bertz CT molecular complexity index is 192. The van der Waals surface area contributed by atoms with Crippen molar-refractivity contribution in [3.8, 4) is 0 Å². The lowest BCUT2D eigenvalue weighted by molar-refractivity contribution is -0.128. The number of carbonyl (C=O) groups is 1. The van der Waals surface area contributed by atoms with Crippen molar-refractivity contribution in [1.29, 1.82) is 0 Å². The van der Waals surface area contributed by atoms with Gasteiger partial charge in [0, 0.05) is 19.2 Å². The van der Waals surface area contributed by atoms with Crippen LogP contribution in [0.3, 0.4) is 0 Å². The number of amides is 1. The van der Waals surface area contributed by atoms with E-state index in [0.717, 1.165) is 25.8 Å². The summed E-state index contributed by atoms with van der Waals surface area (Å²) in [7, 11) is 0. The maximum atomic E-state index is 11.4. The van der Waals surface area contributed by atoms with Gasteiger partial charge < -0.3 is 4.90 Å². The molecule has 68 valence electrons. The Kier molecular flexibility index (Phi) is 3.32. The minimum absolute atomic E-state index is 0.286. The fourth-order valence-corrected chi connectivity index (χ4v) is 1.45. The maximum Gasteiger partial charge on any atom is 0.226 e. The smallest absolute Gasteiger partial charge is 0.226 e. The monoisotopic (exact) mass is 167 g/mol. The van der Waals surface area contributed by atoms with Crippen LogP contribution in [0.25, 0.3) is 0 Å². The maximum absolute atomic E-state index is 11.4. The van der Waals surface area contributed by atoms with Crippen molar-refractivity contribution in [1.82, 2.24) is 4.90 Å². The summed E-state index contributed by atoms with van der Waals surface area (Å²) in [6.45, 7) is 4.96. The Hall–Kier alpha value is -0.790. The van der Waals surface area contributed by atoms with Gasteiger partial charge in [0.05, 0.1) is 0 Å². The first-order valence-electron chi connectivity index (χ1n) is 4.64. The van der Waals surface area contributed by atoms with Crippen LogP contribution in [0.5, 0.6) is 0 Å². The lowest BCUT2D eigenvalue weighted by Gasteiger charge is -2.15. The first-order chi connectivity index (χ1) is 5.70. The van der Waals surface area contributed by atoms with Gasteiger partial charge in [0.15, 0.2) is 0 Å². The van der Waals surface area contributed by atoms with Crippen molar-refractivity contribution in [3.05, 3.63) is 11.8 Å². The molecule has 0 aromatic carbocycles. The lowest BCUT2D eigenvalue weighted by atomic mass is 10.2. The second-order valence-corrected chi connectivity index (χ2v) is 3.60. The average molecular weight is 167 g/mol. The largest absolute Gasteiger partial charge is 0.319 e. The summed E-state index contributed by atoms with van der Waals surface area (Å²) in [4.78, 5) is 13.3. The van der Waals surface area contributed by atoms with Gasteiger partial charge in [-0.25, -0.2) is 0 Å². The molecule has 2 nitrogen and oxygen atoms in total. The normalized spacial score (nSPS) is 18.8. The minimum Gasteiger partial charge on any atom is -0.319 e. The molecule has 1 heterocycles. The van der Waals surface area contributed by atoms with E-state index in [-0.39, 0.29) is 5.91 Å². The number of allylic oxidation sites excluding steroid dienone is 1. The topological polar surface area (TPSA) is 20.3 Å². The third-order valence-corrected chi connectivity index (χ3v) is 2.02. The van der Waals surface area contributed by atoms with Crippen LogP contribution in [-0.4, -0.2) is 17.4 Å². The molecule has 0 saturated carbocycles. The van der Waals surface area contributed by atoms with Crippen molar-refractivity contribution in [2.24, 2.45) is 0 Å². The number of likely N-dealkylation sites (tertiary alicyclic amines) is 1. The van der Waals surface area contributed by atoms with Crippen molar-refractivity contribution >= 4 is 5.91 Å². The molecule has 0 radical (unpaired) electrons. The third kappa shape index (κ3) is 2.68. The van der Waals surface area contributed by atoms with Crippen LogP contribution in [0.15, 0.2) is 11.8 Å².